The quantitative estimate of drug-likeness (QED) is 0.540. The highest BCUT2D eigenvalue weighted by molar-refractivity contribution is 7.79. The molecule has 1 rings (SSSR count). The minimum atomic E-state index is -1.02. The molecule has 0 aromatic heterocycles. The molecule has 0 unspecified atom stereocenters. The van der Waals surface area contributed by atoms with E-state index in [1.807, 2.05) is 6.07 Å². The molecule has 1 aromatic rings. The Morgan fingerprint density at radius 2 is 1.60 bits per heavy atom. The lowest BCUT2D eigenvalue weighted by Gasteiger charge is -2.11. The molecule has 0 heterocycles. The van der Waals surface area contributed by atoms with Crippen LogP contribution in [-0.4, -0.2) is 19.6 Å². The summed E-state index contributed by atoms with van der Waals surface area (Å²) in [5, 5.41) is 1.40. The fraction of sp³-hybridized carbons (Fsp3) is 0.222. The van der Waals surface area contributed by atoms with Crippen LogP contribution in [0.3, 0.4) is 0 Å². The average Bonchev–Trinajstić information content (AvgIpc) is 1.88. The van der Waals surface area contributed by atoms with E-state index in [0.717, 1.165) is 0 Å². The van der Waals surface area contributed by atoms with E-state index < -0.39 is 6.89 Å². The van der Waals surface area contributed by atoms with Crippen molar-refractivity contribution in [2.75, 3.05) is 13.3 Å². The Kier molecular flexibility index (Phi) is 2.01. The van der Waals surface area contributed by atoms with Gasteiger partial charge in [0.1, 0.15) is 0 Å². The van der Waals surface area contributed by atoms with E-state index in [2.05, 4.69) is 43.9 Å². The summed E-state index contributed by atoms with van der Waals surface area (Å²) in [6.45, 7) is 3.43. The van der Waals surface area contributed by atoms with Crippen LogP contribution in [0.15, 0.2) is 30.3 Å². The summed E-state index contributed by atoms with van der Waals surface area (Å²) in [6.07, 6.45) is 4.15. The average molecular weight is 152 g/mol. The summed E-state index contributed by atoms with van der Waals surface area (Å²) in [4.78, 5) is 0. The third-order valence-corrected chi connectivity index (χ3v) is 3.15. The number of hydrogen-bond donors (Lipinski definition) is 0. The summed E-state index contributed by atoms with van der Waals surface area (Å²) in [5.74, 6) is 0. The first-order valence-electron chi connectivity index (χ1n) is 3.34. The van der Waals surface area contributed by atoms with Crippen molar-refractivity contribution in [3.05, 3.63) is 30.3 Å². The van der Waals surface area contributed by atoms with Crippen molar-refractivity contribution >= 4 is 18.5 Å². The van der Waals surface area contributed by atoms with Gasteiger partial charge in [-0.3, -0.25) is 0 Å². The molecule has 0 N–H and O–H groups in total. The normalized spacial score (nSPS) is 11.4. The van der Waals surface area contributed by atoms with Gasteiger partial charge in [-0.25, -0.2) is 0 Å². The highest BCUT2D eigenvalue weighted by Gasteiger charge is 2.00. The molecule has 0 atom stereocenters. The first-order chi connectivity index (χ1) is 4.61. The standard InChI is InChI=1S/C9H13P/c1-10(2,3)9-7-5-4-6-8-9/h4-8H,1H2,2-3H3. The Labute approximate surface area is 62.9 Å². The Bertz CT molecular complexity index is 243. The van der Waals surface area contributed by atoms with Crippen LogP contribution < -0.4 is 5.30 Å². The molecule has 0 aliphatic carbocycles. The van der Waals surface area contributed by atoms with Gasteiger partial charge in [-0.15, -0.1) is 0 Å². The van der Waals surface area contributed by atoms with Crippen LogP contribution in [0.4, 0.5) is 0 Å². The lowest BCUT2D eigenvalue weighted by molar-refractivity contribution is 1.77. The SMILES string of the molecule is C=P(C)(C)c1ccccc1. The van der Waals surface area contributed by atoms with Gasteiger partial charge in [0.05, 0.1) is 0 Å². The van der Waals surface area contributed by atoms with E-state index >= 15 is 0 Å². The lowest BCUT2D eigenvalue weighted by atomic mass is 10.4. The zero-order valence-corrected chi connectivity index (χ0v) is 7.44. The van der Waals surface area contributed by atoms with Crippen LogP contribution in [0.25, 0.3) is 0 Å². The molecular formula is C9H13P. The summed E-state index contributed by atoms with van der Waals surface area (Å²) >= 11 is 0. The van der Waals surface area contributed by atoms with Gasteiger partial charge in [-0.1, -0.05) is 43.5 Å². The minimum absolute atomic E-state index is 1.02. The van der Waals surface area contributed by atoms with Crippen LogP contribution in [0.5, 0.6) is 0 Å². The maximum absolute atomic E-state index is 4.15. The van der Waals surface area contributed by atoms with Gasteiger partial charge in [-0.2, -0.15) is 0 Å². The zero-order chi connectivity index (χ0) is 7.61. The number of hydrogen-bond acceptors (Lipinski definition) is 0. The lowest BCUT2D eigenvalue weighted by Crippen LogP contribution is -2.00. The highest BCUT2D eigenvalue weighted by atomic mass is 31.2. The fourth-order valence-electron chi connectivity index (χ4n) is 0.832. The molecule has 1 aromatic carbocycles. The van der Waals surface area contributed by atoms with Gasteiger partial charge in [-0.05, 0) is 18.6 Å². The van der Waals surface area contributed by atoms with Crippen LogP contribution in [0.1, 0.15) is 0 Å². The van der Waals surface area contributed by atoms with Gasteiger partial charge in [0.2, 0.25) is 0 Å². The van der Waals surface area contributed by atoms with Crippen LogP contribution in [-0.2, 0) is 0 Å². The van der Waals surface area contributed by atoms with Gasteiger partial charge >= 0.3 is 0 Å². The smallest absolute Gasteiger partial charge is 0.0255 e. The molecule has 0 saturated heterocycles. The second-order valence-electron chi connectivity index (χ2n) is 3.02. The van der Waals surface area contributed by atoms with Crippen molar-refractivity contribution in [1.82, 2.24) is 0 Å². The second kappa shape index (κ2) is 2.64. The van der Waals surface area contributed by atoms with E-state index in [0.29, 0.717) is 0 Å². The molecule has 0 fully saturated rings. The van der Waals surface area contributed by atoms with Crippen molar-refractivity contribution in [2.24, 2.45) is 0 Å². The predicted molar refractivity (Wildman–Crippen MR) is 52.0 cm³/mol. The van der Waals surface area contributed by atoms with E-state index in [1.54, 1.807) is 0 Å². The summed E-state index contributed by atoms with van der Waals surface area (Å²) in [7, 11) is 0. The van der Waals surface area contributed by atoms with E-state index in [4.69, 9.17) is 0 Å². The molecule has 1 heteroatoms. The third-order valence-electron chi connectivity index (χ3n) is 1.46. The second-order valence-corrected chi connectivity index (χ2v) is 6.91. The predicted octanol–water partition coefficient (Wildman–Crippen LogP) is 2.02. The van der Waals surface area contributed by atoms with E-state index in [9.17, 15) is 0 Å². The summed E-state index contributed by atoms with van der Waals surface area (Å²) in [6, 6.07) is 10.5. The molecule has 0 aliphatic rings. The van der Waals surface area contributed by atoms with E-state index in [1.165, 1.54) is 5.30 Å². The monoisotopic (exact) mass is 152 g/mol. The first kappa shape index (κ1) is 7.63. The van der Waals surface area contributed by atoms with E-state index in [-0.39, 0.29) is 0 Å². The molecule has 10 heavy (non-hydrogen) atoms. The molecule has 0 aliphatic heterocycles. The van der Waals surface area contributed by atoms with Crippen molar-refractivity contribution in [1.29, 1.82) is 0 Å². The molecule has 0 saturated carbocycles. The first-order valence-corrected chi connectivity index (χ1v) is 6.21. The van der Waals surface area contributed by atoms with Gasteiger partial charge in [0, 0.05) is 0 Å². The van der Waals surface area contributed by atoms with Crippen molar-refractivity contribution in [2.45, 2.75) is 0 Å². The van der Waals surface area contributed by atoms with Crippen LogP contribution in [0.2, 0.25) is 0 Å². The van der Waals surface area contributed by atoms with Gasteiger partial charge in [0.15, 0.2) is 0 Å². The Hall–Kier alpha value is -0.480. The molecular weight excluding hydrogens is 139 g/mol. The molecule has 0 bridgehead atoms. The molecule has 0 spiro atoms. The maximum atomic E-state index is 4.15. The van der Waals surface area contributed by atoms with Crippen molar-refractivity contribution in [3.63, 3.8) is 0 Å². The van der Waals surface area contributed by atoms with Crippen molar-refractivity contribution < 1.29 is 0 Å². The molecule has 54 valence electrons. The minimum Gasteiger partial charge on any atom is -0.0971 e. The van der Waals surface area contributed by atoms with Gasteiger partial charge < -0.3 is 0 Å². The van der Waals surface area contributed by atoms with Crippen molar-refractivity contribution in [3.8, 4) is 0 Å². The fourth-order valence-corrected chi connectivity index (χ4v) is 1.81. The largest absolute Gasteiger partial charge is 0.0971 e. The summed E-state index contributed by atoms with van der Waals surface area (Å²) < 4.78 is 0. The molecule has 0 radical (unpaired) electrons. The Morgan fingerprint density at radius 3 is 1.90 bits per heavy atom. The maximum Gasteiger partial charge on any atom is -0.0255 e. The number of rotatable bonds is 1. The third kappa shape index (κ3) is 1.75. The molecule has 0 amide bonds. The van der Waals surface area contributed by atoms with Crippen LogP contribution >= 0.6 is 6.89 Å². The van der Waals surface area contributed by atoms with Crippen LogP contribution in [0, 0.1) is 0 Å². The Balaban J connectivity index is 3.09. The number of benzene rings is 1. The van der Waals surface area contributed by atoms with Gasteiger partial charge in [0.25, 0.3) is 0 Å². The zero-order valence-electron chi connectivity index (χ0n) is 6.54. The highest BCUT2D eigenvalue weighted by Crippen LogP contribution is 2.33. The molecule has 0 nitrogen and oxygen atoms in total. The summed E-state index contributed by atoms with van der Waals surface area (Å²) in [5.41, 5.74) is 0. The topological polar surface area (TPSA) is 0 Å². The Morgan fingerprint density at radius 1 is 1.10 bits per heavy atom.